The van der Waals surface area contributed by atoms with E-state index in [9.17, 15) is 4.79 Å². The highest BCUT2D eigenvalue weighted by atomic mass is 35.5. The van der Waals surface area contributed by atoms with Crippen molar-refractivity contribution in [2.75, 3.05) is 19.5 Å². The van der Waals surface area contributed by atoms with Gasteiger partial charge in [-0.2, -0.15) is 0 Å². The number of benzene rings is 3. The number of nitrogens with one attached hydrogen (secondary N) is 1. The molecule has 0 aliphatic heterocycles. The predicted octanol–water partition coefficient (Wildman–Crippen LogP) is 6.47. The number of fused-ring (bicyclic) bond motifs is 1. The van der Waals surface area contributed by atoms with Crippen molar-refractivity contribution in [3.63, 3.8) is 0 Å². The Balaban J connectivity index is 1.52. The minimum absolute atomic E-state index is 0.332. The van der Waals surface area contributed by atoms with Gasteiger partial charge in [-0.3, -0.25) is 4.79 Å². The van der Waals surface area contributed by atoms with Gasteiger partial charge in [0.1, 0.15) is 17.0 Å². The summed E-state index contributed by atoms with van der Waals surface area (Å²) in [5.41, 5.74) is 3.24. The Hall–Kier alpha value is -3.48. The van der Waals surface area contributed by atoms with E-state index in [4.69, 9.17) is 37.1 Å². The van der Waals surface area contributed by atoms with Crippen LogP contribution in [0.25, 0.3) is 28.6 Å². The third-order valence-electron chi connectivity index (χ3n) is 4.65. The number of rotatable bonds is 6. The van der Waals surface area contributed by atoms with E-state index in [1.165, 1.54) is 13.2 Å². The van der Waals surface area contributed by atoms with E-state index in [2.05, 4.69) is 10.3 Å². The summed E-state index contributed by atoms with van der Waals surface area (Å²) in [6.45, 7) is 0. The lowest BCUT2D eigenvalue weighted by atomic mass is 10.2. The molecule has 0 saturated heterocycles. The lowest BCUT2D eigenvalue weighted by Gasteiger charge is -2.08. The van der Waals surface area contributed by atoms with Gasteiger partial charge in [0, 0.05) is 27.9 Å². The number of methoxy groups -OCH3 is 2. The number of carbonyl (C=O) groups excluding carboxylic acids is 1. The SMILES string of the molecule is COc1ccc(-c2nc3cc(NC(=O)C=Cc4cc(Cl)cc(Cl)c4OC)ccc3o2)cc1. The summed E-state index contributed by atoms with van der Waals surface area (Å²) in [6.07, 6.45) is 2.96. The van der Waals surface area contributed by atoms with Crippen molar-refractivity contribution in [2.24, 2.45) is 0 Å². The third-order valence-corrected chi connectivity index (χ3v) is 5.15. The van der Waals surface area contributed by atoms with Crippen molar-refractivity contribution in [1.29, 1.82) is 0 Å². The van der Waals surface area contributed by atoms with Crippen LogP contribution >= 0.6 is 23.2 Å². The predicted molar refractivity (Wildman–Crippen MR) is 127 cm³/mol. The summed E-state index contributed by atoms with van der Waals surface area (Å²) in [7, 11) is 3.11. The number of amides is 1. The van der Waals surface area contributed by atoms with Gasteiger partial charge in [-0.1, -0.05) is 23.2 Å². The van der Waals surface area contributed by atoms with Crippen LogP contribution in [0.1, 0.15) is 5.56 Å². The van der Waals surface area contributed by atoms with Crippen LogP contribution in [-0.2, 0) is 4.79 Å². The van der Waals surface area contributed by atoms with Crippen molar-refractivity contribution in [3.8, 4) is 23.0 Å². The maximum absolute atomic E-state index is 12.4. The van der Waals surface area contributed by atoms with Gasteiger partial charge in [-0.25, -0.2) is 4.98 Å². The third kappa shape index (κ3) is 4.72. The second-order valence-corrected chi connectivity index (χ2v) is 7.61. The molecule has 1 N–H and O–H groups in total. The molecule has 0 saturated carbocycles. The van der Waals surface area contributed by atoms with Gasteiger partial charge in [0.05, 0.1) is 19.2 Å². The van der Waals surface area contributed by atoms with Crippen molar-refractivity contribution in [3.05, 3.63) is 76.3 Å². The molecular formula is C24H18Cl2N2O4. The Morgan fingerprint density at radius 1 is 1.03 bits per heavy atom. The first-order chi connectivity index (χ1) is 15.5. The first-order valence-electron chi connectivity index (χ1n) is 9.54. The Morgan fingerprint density at radius 3 is 2.53 bits per heavy atom. The molecule has 32 heavy (non-hydrogen) atoms. The molecule has 1 heterocycles. The van der Waals surface area contributed by atoms with Crippen molar-refractivity contribution in [2.45, 2.75) is 0 Å². The molecule has 0 bridgehead atoms. The largest absolute Gasteiger partial charge is 0.497 e. The van der Waals surface area contributed by atoms with E-state index in [1.807, 2.05) is 24.3 Å². The molecule has 0 radical (unpaired) electrons. The van der Waals surface area contributed by atoms with Crippen LogP contribution in [0.2, 0.25) is 10.0 Å². The van der Waals surface area contributed by atoms with Gasteiger partial charge in [0.15, 0.2) is 5.58 Å². The number of ether oxygens (including phenoxy) is 2. The van der Waals surface area contributed by atoms with Crippen molar-refractivity contribution in [1.82, 2.24) is 4.98 Å². The Labute approximate surface area is 194 Å². The number of carbonyl (C=O) groups is 1. The van der Waals surface area contributed by atoms with Crippen LogP contribution < -0.4 is 14.8 Å². The van der Waals surface area contributed by atoms with Gasteiger partial charge >= 0.3 is 0 Å². The zero-order valence-corrected chi connectivity index (χ0v) is 18.7. The summed E-state index contributed by atoms with van der Waals surface area (Å²) >= 11 is 12.2. The fraction of sp³-hybridized carbons (Fsp3) is 0.0833. The first kappa shape index (κ1) is 21.7. The lowest BCUT2D eigenvalue weighted by Crippen LogP contribution is -2.07. The lowest BCUT2D eigenvalue weighted by molar-refractivity contribution is -0.111. The van der Waals surface area contributed by atoms with E-state index in [0.29, 0.717) is 44.0 Å². The molecule has 0 unspecified atom stereocenters. The highest BCUT2D eigenvalue weighted by Crippen LogP contribution is 2.33. The number of nitrogens with zero attached hydrogens (tertiary/aromatic N) is 1. The molecule has 8 heteroatoms. The fourth-order valence-electron chi connectivity index (χ4n) is 3.13. The van der Waals surface area contributed by atoms with E-state index < -0.39 is 0 Å². The summed E-state index contributed by atoms with van der Waals surface area (Å²) in [5, 5.41) is 3.61. The zero-order valence-electron chi connectivity index (χ0n) is 17.2. The first-order valence-corrected chi connectivity index (χ1v) is 10.3. The van der Waals surface area contributed by atoms with Crippen LogP contribution in [0.5, 0.6) is 11.5 Å². The topological polar surface area (TPSA) is 73.6 Å². The number of hydrogen-bond donors (Lipinski definition) is 1. The van der Waals surface area contributed by atoms with Crippen LogP contribution in [0.4, 0.5) is 5.69 Å². The summed E-state index contributed by atoms with van der Waals surface area (Å²) in [6, 6.07) is 15.9. The highest BCUT2D eigenvalue weighted by Gasteiger charge is 2.11. The molecule has 3 aromatic carbocycles. The number of aromatic nitrogens is 1. The number of anilines is 1. The molecule has 0 aliphatic carbocycles. The standard InChI is InChI=1S/C24H18Cl2N2O4/c1-30-18-7-3-14(4-8-18)24-28-20-13-17(6-9-21(20)32-24)27-22(29)10-5-15-11-16(25)12-19(26)23(15)31-2/h3-13H,1-2H3,(H,27,29). The van der Waals surface area contributed by atoms with E-state index >= 15 is 0 Å². The monoisotopic (exact) mass is 468 g/mol. The normalized spacial score (nSPS) is 11.1. The Bertz CT molecular complexity index is 1310. The van der Waals surface area contributed by atoms with Crippen LogP contribution in [0.3, 0.4) is 0 Å². The average Bonchev–Trinajstić information content (AvgIpc) is 3.21. The van der Waals surface area contributed by atoms with Crippen LogP contribution in [0, 0.1) is 0 Å². The summed E-state index contributed by atoms with van der Waals surface area (Å²) < 4.78 is 16.3. The van der Waals surface area contributed by atoms with Crippen LogP contribution in [0.15, 0.2) is 65.1 Å². The molecule has 0 aliphatic rings. The van der Waals surface area contributed by atoms with Gasteiger partial charge < -0.3 is 19.2 Å². The molecule has 1 aromatic heterocycles. The maximum atomic E-state index is 12.4. The van der Waals surface area contributed by atoms with Crippen molar-refractivity contribution >= 4 is 52.0 Å². The summed E-state index contributed by atoms with van der Waals surface area (Å²) in [4.78, 5) is 16.9. The molecule has 0 atom stereocenters. The van der Waals surface area contributed by atoms with Gasteiger partial charge in [-0.15, -0.1) is 0 Å². The maximum Gasteiger partial charge on any atom is 0.248 e. The van der Waals surface area contributed by atoms with E-state index in [0.717, 1.165) is 11.3 Å². The second-order valence-electron chi connectivity index (χ2n) is 6.76. The molecular weight excluding hydrogens is 451 g/mol. The molecule has 1 amide bonds. The van der Waals surface area contributed by atoms with Gasteiger partial charge in [0.25, 0.3) is 0 Å². The molecule has 0 spiro atoms. The smallest absolute Gasteiger partial charge is 0.248 e. The summed E-state index contributed by atoms with van der Waals surface area (Å²) in [5.74, 6) is 1.34. The van der Waals surface area contributed by atoms with Crippen molar-refractivity contribution < 1.29 is 18.7 Å². The minimum Gasteiger partial charge on any atom is -0.497 e. The number of hydrogen-bond acceptors (Lipinski definition) is 5. The van der Waals surface area contributed by atoms with Gasteiger partial charge in [-0.05, 0) is 60.7 Å². The van der Waals surface area contributed by atoms with Crippen LogP contribution in [-0.4, -0.2) is 25.1 Å². The number of oxazole rings is 1. The second kappa shape index (κ2) is 9.34. The molecule has 4 rings (SSSR count). The quantitative estimate of drug-likeness (QED) is 0.328. The molecule has 162 valence electrons. The zero-order chi connectivity index (χ0) is 22.7. The molecule has 6 nitrogen and oxygen atoms in total. The van der Waals surface area contributed by atoms with E-state index in [1.54, 1.807) is 43.5 Å². The van der Waals surface area contributed by atoms with Gasteiger partial charge in [0.2, 0.25) is 11.8 Å². The molecule has 4 aromatic rings. The average molecular weight is 469 g/mol. The fourth-order valence-corrected chi connectivity index (χ4v) is 3.72. The highest BCUT2D eigenvalue weighted by molar-refractivity contribution is 6.36. The molecule has 0 fully saturated rings. The Kier molecular flexibility index (Phi) is 6.35. The minimum atomic E-state index is -0.332. The Morgan fingerprint density at radius 2 is 1.81 bits per heavy atom. The number of halogens is 2. The van der Waals surface area contributed by atoms with E-state index in [-0.39, 0.29) is 5.91 Å².